The van der Waals surface area contributed by atoms with Gasteiger partial charge in [-0.05, 0) is 45.7 Å². The molecule has 1 atom stereocenters. The van der Waals surface area contributed by atoms with Crippen molar-refractivity contribution in [1.29, 1.82) is 0 Å². The van der Waals surface area contributed by atoms with Gasteiger partial charge in [-0.2, -0.15) is 0 Å². The van der Waals surface area contributed by atoms with Crippen LogP contribution in [0.1, 0.15) is 59.8 Å². The topological polar surface area (TPSA) is 20.3 Å². The fourth-order valence-electron chi connectivity index (χ4n) is 2.61. The lowest BCUT2D eigenvalue weighted by Gasteiger charge is -2.34. The van der Waals surface area contributed by atoms with Crippen molar-refractivity contribution in [3.63, 3.8) is 0 Å². The van der Waals surface area contributed by atoms with Crippen LogP contribution in [-0.2, 0) is 4.79 Å². The number of nitrogens with zero attached hydrogens (tertiary/aromatic N) is 1. The number of hydrogen-bond donors (Lipinski definition) is 0. The van der Waals surface area contributed by atoms with Crippen molar-refractivity contribution >= 4 is 5.78 Å². The highest BCUT2D eigenvalue weighted by Crippen LogP contribution is 2.25. The molecule has 2 nitrogen and oxygen atoms in total. The lowest BCUT2D eigenvalue weighted by Crippen LogP contribution is -2.48. The van der Waals surface area contributed by atoms with Gasteiger partial charge in [-0.25, -0.2) is 0 Å². The monoisotopic (exact) mass is 225 g/mol. The summed E-state index contributed by atoms with van der Waals surface area (Å²) in [6.45, 7) is 10.8. The van der Waals surface area contributed by atoms with Gasteiger partial charge in [0.1, 0.15) is 0 Å². The van der Waals surface area contributed by atoms with Gasteiger partial charge in [-0.3, -0.25) is 9.69 Å². The summed E-state index contributed by atoms with van der Waals surface area (Å²) in [7, 11) is 0. The number of carbonyl (C=O) groups excluding carboxylic acids is 1. The predicted octanol–water partition coefficient (Wildman–Crippen LogP) is 3.26. The van der Waals surface area contributed by atoms with E-state index in [0.717, 1.165) is 19.5 Å². The quantitative estimate of drug-likeness (QED) is 0.691. The van der Waals surface area contributed by atoms with Gasteiger partial charge in [0.05, 0.1) is 5.54 Å². The van der Waals surface area contributed by atoms with Gasteiger partial charge in [0.15, 0.2) is 5.78 Å². The Kier molecular flexibility index (Phi) is 4.97. The van der Waals surface area contributed by atoms with Crippen molar-refractivity contribution in [1.82, 2.24) is 4.90 Å². The predicted molar refractivity (Wildman–Crippen MR) is 68.6 cm³/mol. The maximum absolute atomic E-state index is 12.3. The van der Waals surface area contributed by atoms with Gasteiger partial charge < -0.3 is 0 Å². The van der Waals surface area contributed by atoms with E-state index in [1.807, 2.05) is 0 Å². The molecular formula is C14H27NO. The van der Waals surface area contributed by atoms with Crippen molar-refractivity contribution in [2.45, 2.75) is 65.3 Å². The minimum absolute atomic E-state index is 0.238. The largest absolute Gasteiger partial charge is 0.298 e. The van der Waals surface area contributed by atoms with Crippen LogP contribution < -0.4 is 0 Å². The third kappa shape index (κ3) is 3.31. The first-order chi connectivity index (χ1) is 7.48. The Morgan fingerprint density at radius 2 is 1.88 bits per heavy atom. The molecule has 0 amide bonds. The summed E-state index contributed by atoms with van der Waals surface area (Å²) in [4.78, 5) is 14.7. The number of Topliss-reactive ketones (excluding diaryl/α,β-unsaturated/α-hetero) is 1. The molecule has 16 heavy (non-hydrogen) atoms. The second-order valence-electron chi connectivity index (χ2n) is 5.77. The maximum atomic E-state index is 12.3. The van der Waals surface area contributed by atoms with E-state index in [0.29, 0.717) is 11.7 Å². The number of likely N-dealkylation sites (tertiary alicyclic amines) is 1. The van der Waals surface area contributed by atoms with Crippen molar-refractivity contribution in [2.75, 3.05) is 13.1 Å². The van der Waals surface area contributed by atoms with Gasteiger partial charge in [-0.1, -0.05) is 26.7 Å². The van der Waals surface area contributed by atoms with E-state index in [2.05, 4.69) is 32.6 Å². The minimum Gasteiger partial charge on any atom is -0.298 e. The van der Waals surface area contributed by atoms with Crippen LogP contribution in [0.4, 0.5) is 0 Å². The molecule has 0 radical (unpaired) electrons. The van der Waals surface area contributed by atoms with E-state index in [4.69, 9.17) is 0 Å². The summed E-state index contributed by atoms with van der Waals surface area (Å²) in [5.41, 5.74) is -0.238. The zero-order valence-electron chi connectivity index (χ0n) is 11.4. The molecule has 1 aliphatic heterocycles. The first-order valence-corrected chi connectivity index (χ1v) is 6.76. The summed E-state index contributed by atoms with van der Waals surface area (Å²) in [5.74, 6) is 0.967. The van der Waals surface area contributed by atoms with E-state index in [1.54, 1.807) is 0 Å². The lowest BCUT2D eigenvalue weighted by molar-refractivity contribution is -0.129. The molecule has 0 aromatic rings. The average molecular weight is 225 g/mol. The zero-order valence-corrected chi connectivity index (χ0v) is 11.4. The highest BCUT2D eigenvalue weighted by molar-refractivity contribution is 5.87. The smallest absolute Gasteiger partial charge is 0.152 e. The molecule has 0 aromatic carbocycles. The third-order valence-electron chi connectivity index (χ3n) is 3.89. The Labute approximate surface area is 100 Å². The molecule has 1 unspecified atom stereocenters. The third-order valence-corrected chi connectivity index (χ3v) is 3.89. The van der Waals surface area contributed by atoms with Crippen LogP contribution in [0.5, 0.6) is 0 Å². The number of carbonyl (C=O) groups is 1. The average Bonchev–Trinajstić information content (AvgIpc) is 2.70. The van der Waals surface area contributed by atoms with Crippen molar-refractivity contribution < 1.29 is 4.79 Å². The zero-order chi connectivity index (χ0) is 12.2. The molecule has 1 fully saturated rings. The fraction of sp³-hybridized carbons (Fsp3) is 0.929. The summed E-state index contributed by atoms with van der Waals surface area (Å²) in [5, 5.41) is 0. The minimum atomic E-state index is -0.238. The van der Waals surface area contributed by atoms with Gasteiger partial charge >= 0.3 is 0 Å². The molecule has 1 heterocycles. The first-order valence-electron chi connectivity index (χ1n) is 6.76. The van der Waals surface area contributed by atoms with Crippen molar-refractivity contribution in [3.8, 4) is 0 Å². The Balaban J connectivity index is 2.50. The molecule has 0 saturated carbocycles. The molecule has 2 heteroatoms. The molecule has 0 bridgehead atoms. The van der Waals surface area contributed by atoms with E-state index >= 15 is 0 Å². The number of rotatable bonds is 6. The van der Waals surface area contributed by atoms with Crippen LogP contribution >= 0.6 is 0 Å². The molecule has 0 N–H and O–H groups in total. The number of hydrogen-bond acceptors (Lipinski definition) is 2. The standard InChI is InChI=1S/C14H27NO/c1-5-8-12(2)11-13(16)14(3,4)15-9-6-7-10-15/h12H,5-11H2,1-4H3. The van der Waals surface area contributed by atoms with Gasteiger partial charge in [0.2, 0.25) is 0 Å². The van der Waals surface area contributed by atoms with Crippen LogP contribution in [0.15, 0.2) is 0 Å². The molecule has 94 valence electrons. The Bertz CT molecular complexity index is 229. The van der Waals surface area contributed by atoms with Crippen molar-refractivity contribution in [2.24, 2.45) is 5.92 Å². The van der Waals surface area contributed by atoms with E-state index in [1.165, 1.54) is 25.7 Å². The summed E-state index contributed by atoms with van der Waals surface area (Å²) < 4.78 is 0. The Hall–Kier alpha value is -0.370. The van der Waals surface area contributed by atoms with E-state index < -0.39 is 0 Å². The van der Waals surface area contributed by atoms with Crippen LogP contribution in [0.3, 0.4) is 0 Å². The van der Waals surface area contributed by atoms with Gasteiger partial charge in [0, 0.05) is 6.42 Å². The first kappa shape index (κ1) is 13.7. The fourth-order valence-corrected chi connectivity index (χ4v) is 2.61. The molecule has 1 aliphatic rings. The van der Waals surface area contributed by atoms with Crippen LogP contribution in [0.25, 0.3) is 0 Å². The summed E-state index contributed by atoms with van der Waals surface area (Å²) in [6, 6.07) is 0. The SMILES string of the molecule is CCCC(C)CC(=O)C(C)(C)N1CCCC1. The molecule has 1 rings (SSSR count). The maximum Gasteiger partial charge on any atom is 0.152 e. The Morgan fingerprint density at radius 1 is 1.31 bits per heavy atom. The molecule has 0 aromatic heterocycles. The molecule has 0 aliphatic carbocycles. The lowest BCUT2D eigenvalue weighted by atomic mass is 9.88. The highest BCUT2D eigenvalue weighted by Gasteiger charge is 2.35. The summed E-state index contributed by atoms with van der Waals surface area (Å²) in [6.07, 6.45) is 5.60. The Morgan fingerprint density at radius 3 is 2.38 bits per heavy atom. The molecule has 0 spiro atoms. The molecule has 1 saturated heterocycles. The van der Waals surface area contributed by atoms with Gasteiger partial charge in [0.25, 0.3) is 0 Å². The van der Waals surface area contributed by atoms with Gasteiger partial charge in [-0.15, -0.1) is 0 Å². The van der Waals surface area contributed by atoms with Crippen LogP contribution in [0, 0.1) is 5.92 Å². The van der Waals surface area contributed by atoms with E-state index in [9.17, 15) is 4.79 Å². The van der Waals surface area contributed by atoms with E-state index in [-0.39, 0.29) is 5.54 Å². The second kappa shape index (κ2) is 5.81. The second-order valence-corrected chi connectivity index (χ2v) is 5.77. The van der Waals surface area contributed by atoms with Crippen LogP contribution in [0.2, 0.25) is 0 Å². The summed E-state index contributed by atoms with van der Waals surface area (Å²) >= 11 is 0. The number of ketones is 1. The van der Waals surface area contributed by atoms with Crippen LogP contribution in [-0.4, -0.2) is 29.3 Å². The molecular weight excluding hydrogens is 198 g/mol. The highest BCUT2D eigenvalue weighted by atomic mass is 16.1. The normalized spacial score (nSPS) is 20.0. The van der Waals surface area contributed by atoms with Crippen molar-refractivity contribution in [3.05, 3.63) is 0 Å².